The number of esters is 1. The third-order valence-electron chi connectivity index (χ3n) is 13.0. The number of hydrogen-bond donors (Lipinski definition) is 1. The smallest absolute Gasteiger partial charge is 0.425 e. The fourth-order valence-electron chi connectivity index (χ4n) is 10.5. The minimum absolute atomic E-state index is 0.146. The molecule has 0 bridgehead atoms. The van der Waals surface area contributed by atoms with Crippen LogP contribution in [0.3, 0.4) is 0 Å². The third kappa shape index (κ3) is 5.85. The molecule has 10 atom stereocenters. The van der Waals surface area contributed by atoms with Gasteiger partial charge in [0.2, 0.25) is 0 Å². The first-order chi connectivity index (χ1) is 19.3. The second kappa shape index (κ2) is 11.5. The molecule has 230 valence electrons. The topological polar surface area (TPSA) is 46.5 Å². The van der Waals surface area contributed by atoms with Gasteiger partial charge >= 0.3 is 12.1 Å². The molecule has 0 aliphatic heterocycles. The third-order valence-corrected chi connectivity index (χ3v) is 13.0. The van der Waals surface area contributed by atoms with E-state index in [0.717, 1.165) is 43.9 Å². The van der Waals surface area contributed by atoms with Crippen molar-refractivity contribution in [2.75, 3.05) is 0 Å². The van der Waals surface area contributed by atoms with Gasteiger partial charge in [0.25, 0.3) is 0 Å². The summed E-state index contributed by atoms with van der Waals surface area (Å²) < 4.78 is 46.3. The highest BCUT2D eigenvalue weighted by Crippen LogP contribution is 2.69. The Morgan fingerprint density at radius 2 is 1.68 bits per heavy atom. The van der Waals surface area contributed by atoms with Crippen molar-refractivity contribution in [2.45, 2.75) is 129 Å². The first kappa shape index (κ1) is 30.9. The number of alkyl halides is 3. The Kier molecular flexibility index (Phi) is 8.67. The Labute approximate surface area is 245 Å². The normalized spacial score (nSPS) is 40.1. The molecule has 5 rings (SSSR count). The van der Waals surface area contributed by atoms with Gasteiger partial charge in [-0.25, -0.2) is 4.79 Å². The van der Waals surface area contributed by atoms with E-state index in [9.17, 15) is 23.1 Å². The van der Waals surface area contributed by atoms with Gasteiger partial charge in [0, 0.05) is 0 Å². The lowest BCUT2D eigenvalue weighted by Crippen LogP contribution is -2.56. The monoisotopic (exact) mass is 576 g/mol. The molecule has 2 unspecified atom stereocenters. The molecule has 6 heteroatoms. The Morgan fingerprint density at radius 3 is 2.37 bits per heavy atom. The van der Waals surface area contributed by atoms with Gasteiger partial charge in [0.15, 0.2) is 6.10 Å². The largest absolute Gasteiger partial charge is 0.449 e. The van der Waals surface area contributed by atoms with Crippen molar-refractivity contribution in [3.8, 4) is 0 Å². The highest BCUT2D eigenvalue weighted by Gasteiger charge is 2.61. The van der Waals surface area contributed by atoms with E-state index < -0.39 is 23.9 Å². The van der Waals surface area contributed by atoms with Crippen LogP contribution < -0.4 is 0 Å². The maximum absolute atomic E-state index is 13.8. The van der Waals surface area contributed by atoms with Crippen LogP contribution in [0.2, 0.25) is 0 Å². The lowest BCUT2D eigenvalue weighted by molar-refractivity contribution is -0.206. The zero-order valence-electron chi connectivity index (χ0n) is 25.5. The van der Waals surface area contributed by atoms with Crippen LogP contribution in [0.1, 0.15) is 122 Å². The lowest BCUT2D eigenvalue weighted by Gasteiger charge is -2.62. The minimum Gasteiger partial charge on any atom is -0.449 e. The standard InChI is InChI=1S/C35H51F3O3/c1-5-34(40)21-20-32(3)25(22-34)14-15-26-28-17-16-27(33(28,4)19-18-29(26)32)23(2)10-9-13-30(35(36,37)38)41-31(39)24-11-7-6-8-12-24/h6-8,11-12,23,25-30,40H,5,9-10,13-22H2,1-4H3/t23-,25+,26?,27-,28+,29+,30?,32+,33-,34+/m1/s1. The van der Waals surface area contributed by atoms with Crippen molar-refractivity contribution in [2.24, 2.45) is 46.3 Å². The van der Waals surface area contributed by atoms with E-state index in [-0.39, 0.29) is 17.4 Å². The Hall–Kier alpha value is -1.56. The van der Waals surface area contributed by atoms with Crippen LogP contribution in [0.5, 0.6) is 0 Å². The summed E-state index contributed by atoms with van der Waals surface area (Å²) in [6, 6.07) is 7.92. The molecule has 0 amide bonds. The number of fused-ring (bicyclic) bond motifs is 5. The van der Waals surface area contributed by atoms with E-state index in [2.05, 4.69) is 27.7 Å². The molecule has 0 spiro atoms. The first-order valence-electron chi connectivity index (χ1n) is 16.4. The maximum Gasteiger partial charge on any atom is 0.425 e. The van der Waals surface area contributed by atoms with Gasteiger partial charge < -0.3 is 9.84 Å². The molecule has 1 aromatic carbocycles. The fraction of sp³-hybridized carbons (Fsp3) is 0.800. The van der Waals surface area contributed by atoms with Crippen LogP contribution in [0.25, 0.3) is 0 Å². The van der Waals surface area contributed by atoms with Crippen LogP contribution in [-0.2, 0) is 4.74 Å². The van der Waals surface area contributed by atoms with E-state index in [1.54, 1.807) is 18.2 Å². The summed E-state index contributed by atoms with van der Waals surface area (Å²) >= 11 is 0. The highest BCUT2D eigenvalue weighted by atomic mass is 19.4. The lowest BCUT2D eigenvalue weighted by atomic mass is 9.43. The van der Waals surface area contributed by atoms with Crippen LogP contribution in [0.4, 0.5) is 13.2 Å². The molecular weight excluding hydrogens is 525 g/mol. The molecule has 4 fully saturated rings. The SMILES string of the molecule is CC[C@]1(O)CC[C@@]2(C)[C@@H](CCC3[C@@H]2CC[C@]2(C)[C@@H]([C@H](C)CCCC(OC(=O)c4ccccc4)C(F)(F)F)CC[C@@H]32)C1. The molecule has 1 aromatic rings. The second-order valence-corrected chi connectivity index (χ2v) is 14.9. The molecule has 0 aromatic heterocycles. The summed E-state index contributed by atoms with van der Waals surface area (Å²) in [4.78, 5) is 12.3. The van der Waals surface area contributed by atoms with Crippen molar-refractivity contribution >= 4 is 5.97 Å². The Morgan fingerprint density at radius 1 is 0.976 bits per heavy atom. The Bertz CT molecular complexity index is 1060. The first-order valence-corrected chi connectivity index (χ1v) is 16.4. The number of ether oxygens (including phenoxy) is 1. The molecule has 3 nitrogen and oxygen atoms in total. The van der Waals surface area contributed by atoms with Crippen molar-refractivity contribution in [1.82, 2.24) is 0 Å². The van der Waals surface area contributed by atoms with Gasteiger partial charge in [-0.2, -0.15) is 13.2 Å². The number of carbonyl (C=O) groups excluding carboxylic acids is 1. The molecule has 4 saturated carbocycles. The van der Waals surface area contributed by atoms with E-state index in [1.807, 2.05) is 0 Å². The van der Waals surface area contributed by atoms with Crippen molar-refractivity contribution < 1.29 is 27.8 Å². The minimum atomic E-state index is -4.57. The molecular formula is C35H51F3O3. The van der Waals surface area contributed by atoms with Gasteiger partial charge in [-0.15, -0.1) is 0 Å². The summed E-state index contributed by atoms with van der Waals surface area (Å²) in [6.07, 6.45) is 5.58. The second-order valence-electron chi connectivity index (χ2n) is 14.9. The number of aliphatic hydroxyl groups is 1. The average molecular weight is 577 g/mol. The van der Waals surface area contributed by atoms with Gasteiger partial charge in [-0.1, -0.05) is 52.3 Å². The number of rotatable bonds is 8. The summed E-state index contributed by atoms with van der Waals surface area (Å²) in [5, 5.41) is 11.1. The molecule has 0 heterocycles. The summed E-state index contributed by atoms with van der Waals surface area (Å²) in [5.74, 6) is 2.78. The Balaban J connectivity index is 1.19. The van der Waals surface area contributed by atoms with E-state index >= 15 is 0 Å². The zero-order chi connectivity index (χ0) is 29.6. The molecule has 1 N–H and O–H groups in total. The molecule has 4 aliphatic rings. The van der Waals surface area contributed by atoms with Gasteiger partial charge in [-0.05, 0) is 136 Å². The summed E-state index contributed by atoms with van der Waals surface area (Å²) in [5.41, 5.74) is 0.261. The predicted octanol–water partition coefficient (Wildman–Crippen LogP) is 9.38. The van der Waals surface area contributed by atoms with Crippen molar-refractivity contribution in [3.63, 3.8) is 0 Å². The number of hydrogen-bond acceptors (Lipinski definition) is 3. The zero-order valence-corrected chi connectivity index (χ0v) is 25.5. The van der Waals surface area contributed by atoms with Crippen LogP contribution in [0, 0.1) is 46.3 Å². The summed E-state index contributed by atoms with van der Waals surface area (Å²) in [6.45, 7) is 9.39. The van der Waals surface area contributed by atoms with Crippen LogP contribution >= 0.6 is 0 Å². The molecule has 0 saturated heterocycles. The predicted molar refractivity (Wildman–Crippen MR) is 155 cm³/mol. The van der Waals surface area contributed by atoms with Gasteiger partial charge in [0.1, 0.15) is 0 Å². The number of carbonyl (C=O) groups is 1. The quantitative estimate of drug-likeness (QED) is 0.314. The fourth-order valence-corrected chi connectivity index (χ4v) is 10.5. The average Bonchev–Trinajstić information content (AvgIpc) is 3.30. The number of halogens is 3. The van der Waals surface area contributed by atoms with Crippen molar-refractivity contribution in [3.05, 3.63) is 35.9 Å². The molecule has 41 heavy (non-hydrogen) atoms. The van der Waals surface area contributed by atoms with Gasteiger partial charge in [0.05, 0.1) is 11.2 Å². The van der Waals surface area contributed by atoms with Crippen molar-refractivity contribution in [1.29, 1.82) is 0 Å². The highest BCUT2D eigenvalue weighted by molar-refractivity contribution is 5.89. The summed E-state index contributed by atoms with van der Waals surface area (Å²) in [7, 11) is 0. The maximum atomic E-state index is 13.8. The van der Waals surface area contributed by atoms with Crippen LogP contribution in [0.15, 0.2) is 30.3 Å². The van der Waals surface area contributed by atoms with E-state index in [4.69, 9.17) is 4.74 Å². The van der Waals surface area contributed by atoms with Crippen LogP contribution in [-0.4, -0.2) is 29.0 Å². The molecule has 4 aliphatic carbocycles. The number of benzene rings is 1. The van der Waals surface area contributed by atoms with Gasteiger partial charge in [-0.3, -0.25) is 0 Å². The molecule has 0 radical (unpaired) electrons. The van der Waals surface area contributed by atoms with E-state index in [0.29, 0.717) is 35.5 Å². The van der Waals surface area contributed by atoms with E-state index in [1.165, 1.54) is 50.7 Å².